The van der Waals surface area contributed by atoms with Crippen molar-refractivity contribution in [3.8, 4) is 22.3 Å². The summed E-state index contributed by atoms with van der Waals surface area (Å²) in [5, 5.41) is 15.8. The molecule has 13 rings (SSSR count). The summed E-state index contributed by atoms with van der Waals surface area (Å²) >= 11 is 0. The average Bonchev–Trinajstić information content (AvgIpc) is 4.03. The first-order valence-electron chi connectivity index (χ1n) is 23.6. The van der Waals surface area contributed by atoms with Gasteiger partial charge < -0.3 is 8.80 Å². The second-order valence-corrected chi connectivity index (χ2v) is 19.9. The summed E-state index contributed by atoms with van der Waals surface area (Å²) < 4.78 is 5.15. The minimum atomic E-state index is 0.328. The molecule has 4 heterocycles. The van der Waals surface area contributed by atoms with Crippen molar-refractivity contribution in [3.63, 3.8) is 0 Å². The quantitative estimate of drug-likeness (QED) is 0.148. The minimum absolute atomic E-state index is 0.328. The maximum absolute atomic E-state index is 2.61. The Bertz CT molecular complexity index is 3750. The molecular formula is C62H52N2. The maximum atomic E-state index is 2.61. The highest BCUT2D eigenvalue weighted by Crippen LogP contribution is 2.54. The molecule has 2 heteroatoms. The number of para-hydroxylation sites is 4. The van der Waals surface area contributed by atoms with Crippen molar-refractivity contribution in [3.05, 3.63) is 168 Å². The zero-order chi connectivity index (χ0) is 43.4. The third-order valence-electron chi connectivity index (χ3n) is 15.0. The smallest absolute Gasteiger partial charge is 0.0620 e. The molecule has 13 aromatic rings. The van der Waals surface area contributed by atoms with E-state index in [-0.39, 0.29) is 0 Å². The van der Waals surface area contributed by atoms with Crippen LogP contribution in [-0.4, -0.2) is 8.80 Å². The summed E-state index contributed by atoms with van der Waals surface area (Å²) in [6.07, 6.45) is 0. The van der Waals surface area contributed by atoms with Crippen molar-refractivity contribution in [1.29, 1.82) is 0 Å². The molecule has 64 heavy (non-hydrogen) atoms. The molecule has 0 aliphatic rings. The van der Waals surface area contributed by atoms with Gasteiger partial charge >= 0.3 is 0 Å². The van der Waals surface area contributed by atoms with Crippen LogP contribution in [0, 0.1) is 0 Å². The van der Waals surface area contributed by atoms with Crippen LogP contribution in [0.15, 0.2) is 146 Å². The SMILES string of the molecule is CC(C)c1cccc(C(C)C)c1-c1c2cc3c4cccc5c6ccccc6n(c3cc2c(-c2c(C(C)C)cccc2C(C)C)c2cc3c6cccc7c8ccccc8n(c3cc12)c76)c54. The normalized spacial score (nSPS) is 12.9. The largest absolute Gasteiger partial charge is 0.308 e. The Hall–Kier alpha value is -6.90. The molecule has 0 radical (unpaired) electrons. The molecular weight excluding hydrogens is 773 g/mol. The van der Waals surface area contributed by atoms with Crippen LogP contribution in [0.2, 0.25) is 0 Å². The molecule has 0 N–H and O–H groups in total. The van der Waals surface area contributed by atoms with Gasteiger partial charge in [-0.3, -0.25) is 0 Å². The van der Waals surface area contributed by atoms with Gasteiger partial charge in [0.15, 0.2) is 0 Å². The van der Waals surface area contributed by atoms with Gasteiger partial charge in [-0.1, -0.05) is 165 Å². The van der Waals surface area contributed by atoms with E-state index in [0.29, 0.717) is 23.7 Å². The fourth-order valence-electron chi connectivity index (χ4n) is 12.3. The van der Waals surface area contributed by atoms with Gasteiger partial charge in [0, 0.05) is 43.1 Å². The number of rotatable bonds is 6. The Morgan fingerprint density at radius 2 is 0.547 bits per heavy atom. The molecule has 0 atom stereocenters. The van der Waals surface area contributed by atoms with Crippen molar-refractivity contribution in [2.75, 3.05) is 0 Å². The molecule has 0 spiro atoms. The zero-order valence-electron chi connectivity index (χ0n) is 38.1. The lowest BCUT2D eigenvalue weighted by Crippen LogP contribution is -2.04. The summed E-state index contributed by atoms with van der Waals surface area (Å²) in [7, 11) is 0. The van der Waals surface area contributed by atoms with Crippen LogP contribution < -0.4 is 0 Å². The van der Waals surface area contributed by atoms with E-state index in [2.05, 4.69) is 210 Å². The van der Waals surface area contributed by atoms with Crippen molar-refractivity contribution in [2.45, 2.75) is 79.1 Å². The monoisotopic (exact) mass is 824 g/mol. The molecule has 310 valence electrons. The third-order valence-corrected chi connectivity index (χ3v) is 15.0. The molecule has 2 nitrogen and oxygen atoms in total. The third kappa shape index (κ3) is 4.81. The highest BCUT2D eigenvalue weighted by molar-refractivity contribution is 6.32. The van der Waals surface area contributed by atoms with Crippen LogP contribution >= 0.6 is 0 Å². The maximum Gasteiger partial charge on any atom is 0.0620 e. The van der Waals surface area contributed by atoms with Gasteiger partial charge in [-0.2, -0.15) is 0 Å². The number of hydrogen-bond donors (Lipinski definition) is 0. The number of fused-ring (bicyclic) bond motifs is 14. The Morgan fingerprint density at radius 3 is 0.906 bits per heavy atom. The fourth-order valence-corrected chi connectivity index (χ4v) is 12.3. The predicted molar refractivity (Wildman–Crippen MR) is 278 cm³/mol. The van der Waals surface area contributed by atoms with Gasteiger partial charge in [0.25, 0.3) is 0 Å². The molecule has 4 aromatic heterocycles. The topological polar surface area (TPSA) is 8.82 Å². The first-order valence-corrected chi connectivity index (χ1v) is 23.6. The van der Waals surface area contributed by atoms with E-state index in [0.717, 1.165) is 0 Å². The summed E-state index contributed by atoms with van der Waals surface area (Å²) in [6, 6.07) is 56.5. The van der Waals surface area contributed by atoms with Gasteiger partial charge in [0.1, 0.15) is 0 Å². The van der Waals surface area contributed by atoms with E-state index < -0.39 is 0 Å². The molecule has 0 aliphatic carbocycles. The average molecular weight is 825 g/mol. The highest BCUT2D eigenvalue weighted by Gasteiger charge is 2.29. The van der Waals surface area contributed by atoms with Gasteiger partial charge in [-0.05, 0) is 126 Å². The van der Waals surface area contributed by atoms with Crippen molar-refractivity contribution >= 4 is 97.7 Å². The molecule has 0 fully saturated rings. The van der Waals surface area contributed by atoms with E-state index in [1.807, 2.05) is 0 Å². The Kier molecular flexibility index (Phi) is 7.83. The molecule has 0 saturated carbocycles. The Morgan fingerprint density at radius 1 is 0.250 bits per heavy atom. The molecule has 0 aliphatic heterocycles. The van der Waals surface area contributed by atoms with E-state index in [1.54, 1.807) is 0 Å². The molecule has 9 aromatic carbocycles. The van der Waals surface area contributed by atoms with E-state index in [4.69, 9.17) is 0 Å². The Balaban J connectivity index is 1.37. The Labute approximate surface area is 374 Å². The lowest BCUT2D eigenvalue weighted by Gasteiger charge is -2.27. The number of aromatic nitrogens is 2. The predicted octanol–water partition coefficient (Wildman–Crippen LogP) is 18.1. The summed E-state index contributed by atoms with van der Waals surface area (Å²) in [5.41, 5.74) is 18.9. The standard InChI is InChI=1S/C62H52N2/c1-33(2)37-19-13-20-38(34(3)4)57(37)59-49-29-47-45-25-15-23-43-42-18-10-12-28-54(42)64(61(43)45)56(47)32-52(49)60(58-39(35(5)6)21-14-22-40(58)36(7)8)50-30-48-46-26-16-24-44-41-17-9-11-27-53(41)63(62(44)46)55(48)31-51(50)59/h9-36H,1-8H3. The molecule has 0 saturated heterocycles. The van der Waals surface area contributed by atoms with Crippen molar-refractivity contribution < 1.29 is 0 Å². The molecule has 0 unspecified atom stereocenters. The van der Waals surface area contributed by atoms with Crippen molar-refractivity contribution in [1.82, 2.24) is 8.80 Å². The second kappa shape index (κ2) is 13.3. The van der Waals surface area contributed by atoms with E-state index in [9.17, 15) is 0 Å². The summed E-state index contributed by atoms with van der Waals surface area (Å²) in [6.45, 7) is 19.0. The number of hydrogen-bond acceptors (Lipinski definition) is 0. The van der Waals surface area contributed by atoms with Gasteiger partial charge in [0.2, 0.25) is 0 Å². The van der Waals surface area contributed by atoms with Gasteiger partial charge in [0.05, 0.1) is 33.1 Å². The first kappa shape index (κ1) is 37.6. The van der Waals surface area contributed by atoms with E-state index in [1.165, 1.54) is 142 Å². The lowest BCUT2D eigenvalue weighted by molar-refractivity contribution is 0.838. The molecule has 0 bridgehead atoms. The van der Waals surface area contributed by atoms with Crippen LogP contribution in [0.5, 0.6) is 0 Å². The fraction of sp³-hybridized carbons (Fsp3) is 0.194. The van der Waals surface area contributed by atoms with Crippen molar-refractivity contribution in [2.24, 2.45) is 0 Å². The van der Waals surface area contributed by atoms with Crippen LogP contribution in [0.3, 0.4) is 0 Å². The number of benzene rings is 9. The van der Waals surface area contributed by atoms with Crippen LogP contribution in [0.25, 0.3) is 120 Å². The van der Waals surface area contributed by atoms with Crippen LogP contribution in [0.1, 0.15) is 101 Å². The summed E-state index contributed by atoms with van der Waals surface area (Å²) in [4.78, 5) is 0. The van der Waals surface area contributed by atoms with Crippen LogP contribution in [-0.2, 0) is 0 Å². The molecule has 0 amide bonds. The van der Waals surface area contributed by atoms with Crippen LogP contribution in [0.4, 0.5) is 0 Å². The van der Waals surface area contributed by atoms with Gasteiger partial charge in [-0.15, -0.1) is 0 Å². The van der Waals surface area contributed by atoms with Gasteiger partial charge in [-0.25, -0.2) is 0 Å². The first-order chi connectivity index (χ1) is 31.1. The minimum Gasteiger partial charge on any atom is -0.308 e. The zero-order valence-corrected chi connectivity index (χ0v) is 38.1. The summed E-state index contributed by atoms with van der Waals surface area (Å²) in [5.74, 6) is 1.31. The second-order valence-electron chi connectivity index (χ2n) is 19.9. The highest BCUT2D eigenvalue weighted by atomic mass is 14.9. The number of nitrogens with zero attached hydrogens (tertiary/aromatic N) is 2. The van der Waals surface area contributed by atoms with E-state index >= 15 is 0 Å². The lowest BCUT2D eigenvalue weighted by atomic mass is 9.76.